The van der Waals surface area contributed by atoms with E-state index in [0.29, 0.717) is 22.0 Å². The van der Waals surface area contributed by atoms with Gasteiger partial charge in [-0.2, -0.15) is 0 Å². The minimum absolute atomic E-state index is 0.392. The number of halogens is 2. The Morgan fingerprint density at radius 3 is 2.73 bits per heavy atom. The Bertz CT molecular complexity index is 400. The molecule has 1 aromatic carbocycles. The summed E-state index contributed by atoms with van der Waals surface area (Å²) in [5.41, 5.74) is 6.43. The number of aliphatic imine (C=N–C) groups is 1. The van der Waals surface area contributed by atoms with Crippen LogP contribution in [0, 0.1) is 0 Å². The van der Waals surface area contributed by atoms with Gasteiger partial charge in [-0.25, -0.2) is 4.99 Å². The van der Waals surface area contributed by atoms with Crippen LogP contribution in [0.15, 0.2) is 23.2 Å². The Balaban J connectivity index is 2.09. The minimum Gasteiger partial charge on any atom is -0.370 e. The van der Waals surface area contributed by atoms with Crippen LogP contribution in [0.3, 0.4) is 0 Å². The topological polar surface area (TPSA) is 50.4 Å². The number of hydrogen-bond donors (Lipinski definition) is 2. The molecule has 0 aliphatic heterocycles. The quantitative estimate of drug-likeness (QED) is 0.620. The first kappa shape index (κ1) is 10.6. The number of anilines is 1. The molecule has 80 valence electrons. The molecule has 0 heterocycles. The van der Waals surface area contributed by atoms with Gasteiger partial charge in [-0.3, -0.25) is 0 Å². The first-order valence-electron chi connectivity index (χ1n) is 4.70. The Labute approximate surface area is 98.3 Å². The van der Waals surface area contributed by atoms with Crippen molar-refractivity contribution in [2.24, 2.45) is 10.7 Å². The van der Waals surface area contributed by atoms with Crippen molar-refractivity contribution >= 4 is 34.8 Å². The Hall–Kier alpha value is -0.930. The molecule has 3 nitrogen and oxygen atoms in total. The summed E-state index contributed by atoms with van der Waals surface area (Å²) in [7, 11) is 0. The third-order valence-corrected chi connectivity index (χ3v) is 2.61. The molecule has 0 amide bonds. The molecule has 0 spiro atoms. The highest BCUT2D eigenvalue weighted by Crippen LogP contribution is 2.26. The van der Waals surface area contributed by atoms with Crippen molar-refractivity contribution in [1.82, 2.24) is 0 Å². The van der Waals surface area contributed by atoms with Gasteiger partial charge < -0.3 is 11.1 Å². The van der Waals surface area contributed by atoms with E-state index in [9.17, 15) is 0 Å². The summed E-state index contributed by atoms with van der Waals surface area (Å²) in [4.78, 5) is 4.24. The number of nitrogens with one attached hydrogen (secondary N) is 1. The van der Waals surface area contributed by atoms with Crippen molar-refractivity contribution in [3.63, 3.8) is 0 Å². The van der Waals surface area contributed by atoms with Crippen molar-refractivity contribution in [3.05, 3.63) is 28.2 Å². The Morgan fingerprint density at radius 1 is 1.40 bits per heavy atom. The van der Waals surface area contributed by atoms with Crippen molar-refractivity contribution in [3.8, 4) is 0 Å². The van der Waals surface area contributed by atoms with Crippen LogP contribution < -0.4 is 11.1 Å². The SMILES string of the molecule is NC(=NC1CC1)Nc1ccc(Cl)cc1Cl. The molecule has 1 fully saturated rings. The maximum atomic E-state index is 5.97. The third-order valence-electron chi connectivity index (χ3n) is 2.06. The minimum atomic E-state index is 0.392. The largest absolute Gasteiger partial charge is 0.370 e. The van der Waals surface area contributed by atoms with E-state index in [4.69, 9.17) is 28.9 Å². The number of hydrogen-bond acceptors (Lipinski definition) is 1. The molecule has 15 heavy (non-hydrogen) atoms. The van der Waals surface area contributed by atoms with Gasteiger partial charge in [-0.1, -0.05) is 23.2 Å². The smallest absolute Gasteiger partial charge is 0.193 e. The van der Waals surface area contributed by atoms with E-state index in [1.807, 2.05) is 0 Å². The third kappa shape index (κ3) is 3.01. The zero-order valence-electron chi connectivity index (χ0n) is 8.00. The first-order valence-corrected chi connectivity index (χ1v) is 5.46. The van der Waals surface area contributed by atoms with Crippen molar-refractivity contribution in [2.75, 3.05) is 5.32 Å². The fourth-order valence-electron chi connectivity index (χ4n) is 1.16. The molecule has 1 aliphatic carbocycles. The Kier molecular flexibility index (Phi) is 3.03. The summed E-state index contributed by atoms with van der Waals surface area (Å²) in [6.07, 6.45) is 2.24. The predicted molar refractivity (Wildman–Crippen MR) is 64.7 cm³/mol. The van der Waals surface area contributed by atoms with Gasteiger partial charge in [0.05, 0.1) is 16.8 Å². The van der Waals surface area contributed by atoms with E-state index < -0.39 is 0 Å². The van der Waals surface area contributed by atoms with E-state index in [1.54, 1.807) is 18.2 Å². The highest BCUT2D eigenvalue weighted by atomic mass is 35.5. The van der Waals surface area contributed by atoms with Crippen LogP contribution in [0.4, 0.5) is 5.69 Å². The predicted octanol–water partition coefficient (Wildman–Crippen LogP) is 2.88. The van der Waals surface area contributed by atoms with Crippen molar-refractivity contribution < 1.29 is 0 Å². The van der Waals surface area contributed by atoms with Gasteiger partial charge in [0.2, 0.25) is 0 Å². The van der Waals surface area contributed by atoms with Gasteiger partial charge in [0.15, 0.2) is 5.96 Å². The molecular formula is C10H11Cl2N3. The summed E-state index contributed by atoms with van der Waals surface area (Å²) in [5, 5.41) is 4.08. The molecule has 0 saturated heterocycles. The molecule has 0 atom stereocenters. The monoisotopic (exact) mass is 243 g/mol. The first-order chi connectivity index (χ1) is 7.15. The van der Waals surface area contributed by atoms with Crippen LogP contribution in [0.25, 0.3) is 0 Å². The zero-order valence-corrected chi connectivity index (χ0v) is 9.52. The molecule has 3 N–H and O–H groups in total. The van der Waals surface area contributed by atoms with Gasteiger partial charge in [0.1, 0.15) is 0 Å². The van der Waals surface area contributed by atoms with Gasteiger partial charge in [0, 0.05) is 5.02 Å². The fraction of sp³-hybridized carbons (Fsp3) is 0.300. The lowest BCUT2D eigenvalue weighted by Crippen LogP contribution is -2.23. The van der Waals surface area contributed by atoms with Crippen LogP contribution >= 0.6 is 23.2 Å². The Morgan fingerprint density at radius 2 is 2.13 bits per heavy atom. The lowest BCUT2D eigenvalue weighted by molar-refractivity contribution is 1.06. The number of nitrogens with two attached hydrogens (primary N) is 1. The van der Waals surface area contributed by atoms with Gasteiger partial charge in [-0.05, 0) is 31.0 Å². The van der Waals surface area contributed by atoms with E-state index in [1.165, 1.54) is 0 Å². The number of benzene rings is 1. The molecule has 0 radical (unpaired) electrons. The van der Waals surface area contributed by atoms with Crippen LogP contribution in [-0.2, 0) is 0 Å². The summed E-state index contributed by atoms with van der Waals surface area (Å²) in [6.45, 7) is 0. The second kappa shape index (κ2) is 4.29. The normalized spacial score (nSPS) is 16.5. The number of nitrogens with zero attached hydrogens (tertiary/aromatic N) is 1. The highest BCUT2D eigenvalue weighted by Gasteiger charge is 2.20. The molecule has 1 aromatic rings. The molecule has 2 rings (SSSR count). The molecule has 0 bridgehead atoms. The van der Waals surface area contributed by atoms with Gasteiger partial charge >= 0.3 is 0 Å². The molecule has 1 saturated carbocycles. The zero-order chi connectivity index (χ0) is 10.8. The van der Waals surface area contributed by atoms with Crippen molar-refractivity contribution in [2.45, 2.75) is 18.9 Å². The lowest BCUT2D eigenvalue weighted by atomic mass is 10.3. The van der Waals surface area contributed by atoms with Crippen molar-refractivity contribution in [1.29, 1.82) is 0 Å². The second-order valence-corrected chi connectivity index (χ2v) is 4.34. The van der Waals surface area contributed by atoms with Gasteiger partial charge in [-0.15, -0.1) is 0 Å². The maximum absolute atomic E-state index is 5.97. The molecule has 0 aromatic heterocycles. The second-order valence-electron chi connectivity index (χ2n) is 3.49. The van der Waals surface area contributed by atoms with E-state index in [-0.39, 0.29) is 0 Å². The van der Waals surface area contributed by atoms with E-state index >= 15 is 0 Å². The summed E-state index contributed by atoms with van der Waals surface area (Å²) >= 11 is 11.7. The van der Waals surface area contributed by atoms with Crippen LogP contribution in [0.5, 0.6) is 0 Å². The average molecular weight is 244 g/mol. The van der Waals surface area contributed by atoms with Gasteiger partial charge in [0.25, 0.3) is 0 Å². The molecule has 5 heteroatoms. The maximum Gasteiger partial charge on any atom is 0.193 e. The summed E-state index contributed by atoms with van der Waals surface area (Å²) in [5.74, 6) is 0.404. The number of guanidine groups is 1. The molecule has 1 aliphatic rings. The van der Waals surface area contributed by atoms with Crippen LogP contribution in [-0.4, -0.2) is 12.0 Å². The number of rotatable bonds is 2. The molecular weight excluding hydrogens is 233 g/mol. The van der Waals surface area contributed by atoms with Crippen LogP contribution in [0.2, 0.25) is 10.0 Å². The highest BCUT2D eigenvalue weighted by molar-refractivity contribution is 6.36. The summed E-state index contributed by atoms with van der Waals surface area (Å²) < 4.78 is 0. The molecule has 0 unspecified atom stereocenters. The van der Waals surface area contributed by atoms with Crippen LogP contribution in [0.1, 0.15) is 12.8 Å². The average Bonchev–Trinajstić information content (AvgIpc) is 2.94. The van der Waals surface area contributed by atoms with E-state index in [2.05, 4.69) is 10.3 Å². The lowest BCUT2D eigenvalue weighted by Gasteiger charge is -2.07. The van der Waals surface area contributed by atoms with E-state index in [0.717, 1.165) is 18.5 Å². The summed E-state index contributed by atoms with van der Waals surface area (Å²) in [6, 6.07) is 5.58. The fourth-order valence-corrected chi connectivity index (χ4v) is 1.62. The standard InChI is InChI=1S/C10H11Cl2N3/c11-6-1-4-9(8(12)5-6)15-10(13)14-7-2-3-7/h1,4-5,7H,2-3H2,(H3,13,14,15).